The number of nitrogens with one attached hydrogen (secondary N) is 1. The van der Waals surface area contributed by atoms with Gasteiger partial charge in [-0.1, -0.05) is 78.8 Å². The van der Waals surface area contributed by atoms with Crippen LogP contribution in [-0.4, -0.2) is 46.9 Å². The predicted octanol–water partition coefficient (Wildman–Crippen LogP) is 12.8. The van der Waals surface area contributed by atoms with E-state index in [4.69, 9.17) is 30.3 Å². The molecule has 3 N–H and O–H groups in total. The Morgan fingerprint density at radius 3 is 1.86 bits per heavy atom. The number of rotatable bonds is 10. The van der Waals surface area contributed by atoms with Crippen LogP contribution in [0, 0.1) is 59.8 Å². The molecule has 0 saturated heterocycles. The fourth-order valence-electron chi connectivity index (χ4n) is 7.94. The third-order valence-corrected chi connectivity index (χ3v) is 12.7. The van der Waals surface area contributed by atoms with Crippen LogP contribution in [0.15, 0.2) is 77.0 Å². The molecule has 0 aliphatic carbocycles. The van der Waals surface area contributed by atoms with E-state index in [9.17, 15) is 25.1 Å². The van der Waals surface area contributed by atoms with Gasteiger partial charge in [0.2, 0.25) is 5.13 Å². The highest BCUT2D eigenvalue weighted by Crippen LogP contribution is 2.45. The normalized spacial score (nSPS) is 11.8. The van der Waals surface area contributed by atoms with E-state index < -0.39 is 17.4 Å². The molecule has 14 nitrogen and oxygen atoms in total. The molecule has 0 unspecified atom stereocenters. The maximum absolute atomic E-state index is 12.0. The number of aromatic nitrogens is 5. The Labute approximate surface area is 377 Å². The number of carbonyl (C=O) groups is 2. The fraction of sp³-hybridized carbons (Fsp3) is 0.229. The lowest BCUT2D eigenvalue weighted by molar-refractivity contribution is 0.0686. The molecule has 4 heterocycles. The van der Waals surface area contributed by atoms with Gasteiger partial charge in [-0.2, -0.15) is 15.0 Å². The lowest BCUT2D eigenvalue weighted by Crippen LogP contribution is -2.15. The van der Waals surface area contributed by atoms with E-state index in [1.807, 2.05) is 73.3 Å². The largest absolute Gasteiger partial charge is 0.478 e. The van der Waals surface area contributed by atoms with Crippen LogP contribution in [0.5, 0.6) is 0 Å². The van der Waals surface area contributed by atoms with E-state index in [2.05, 4.69) is 42.6 Å². The van der Waals surface area contributed by atoms with Crippen molar-refractivity contribution in [2.24, 2.45) is 10.2 Å². The number of aryl methyl sites for hydroxylation is 7. The SMILES string of the molecule is Cc1cc(C)c(Nc2nc(N(c3nc4ccc(C(=O)O)cc4s3)c3c(C)cc(C)cc3C)cc(C)c2N=Nc2c(C#N)c(C(C)(C)C)nn2-c2nc3ccc(C(=O)O)cc3s2)c(C)c1. The van der Waals surface area contributed by atoms with Crippen molar-refractivity contribution in [1.82, 2.24) is 24.7 Å². The van der Waals surface area contributed by atoms with E-state index >= 15 is 0 Å². The first-order chi connectivity index (χ1) is 30.3. The Morgan fingerprint density at radius 1 is 0.734 bits per heavy atom. The van der Waals surface area contributed by atoms with E-state index in [1.54, 1.807) is 30.3 Å². The van der Waals surface area contributed by atoms with E-state index in [0.29, 0.717) is 59.3 Å². The standard InChI is InChI=1S/C48H44N10O4S2/c1-23-15-25(3)38(26(4)16-23)53-42-39(54-55-43-32(22-49)41(48(8,9)10)56-58(43)47-51-34-14-12-31(45(61)62)21-36(34)64-47)27(5)19-37(52-42)57(40-28(6)17-24(2)18-29(40)7)46-50-33-13-11-30(44(59)60)20-35(33)63-46/h11-21H,1-10H3,(H,52,53)(H,59,60)(H,61,62). The van der Waals surface area contributed by atoms with Crippen LogP contribution in [0.1, 0.15) is 91.7 Å². The predicted molar refractivity (Wildman–Crippen MR) is 253 cm³/mol. The van der Waals surface area contributed by atoms with Gasteiger partial charge in [0.1, 0.15) is 23.1 Å². The molecule has 322 valence electrons. The van der Waals surface area contributed by atoms with E-state index in [-0.39, 0.29) is 22.5 Å². The Balaban J connectivity index is 1.36. The Kier molecular flexibility index (Phi) is 11.1. The number of nitriles is 1. The molecule has 16 heteroatoms. The van der Waals surface area contributed by atoms with Gasteiger partial charge in [0, 0.05) is 11.1 Å². The van der Waals surface area contributed by atoms with Crippen LogP contribution in [0.25, 0.3) is 25.6 Å². The van der Waals surface area contributed by atoms with Crippen molar-refractivity contribution in [2.75, 3.05) is 10.2 Å². The van der Waals surface area contributed by atoms with Gasteiger partial charge in [0.25, 0.3) is 0 Å². The van der Waals surface area contributed by atoms with Crippen molar-refractivity contribution in [3.63, 3.8) is 0 Å². The summed E-state index contributed by atoms with van der Waals surface area (Å²) in [6, 6.07) is 22.3. The molecule has 8 aromatic rings. The summed E-state index contributed by atoms with van der Waals surface area (Å²) >= 11 is 2.60. The molecule has 64 heavy (non-hydrogen) atoms. The second-order valence-corrected chi connectivity index (χ2v) is 19.0. The number of thiazole rings is 2. The number of anilines is 5. The van der Waals surface area contributed by atoms with Crippen LogP contribution in [-0.2, 0) is 5.41 Å². The minimum Gasteiger partial charge on any atom is -0.478 e. The zero-order chi connectivity index (χ0) is 45.9. The van der Waals surface area contributed by atoms with Gasteiger partial charge in [-0.25, -0.2) is 24.5 Å². The van der Waals surface area contributed by atoms with Gasteiger partial charge in [0.05, 0.1) is 42.9 Å². The van der Waals surface area contributed by atoms with Crippen LogP contribution < -0.4 is 10.2 Å². The highest BCUT2D eigenvalue weighted by atomic mass is 32.1. The number of hydrogen-bond acceptors (Lipinski definition) is 13. The number of carboxylic acids is 2. The number of azo groups is 1. The number of nitrogens with zero attached hydrogens (tertiary/aromatic N) is 9. The summed E-state index contributed by atoms with van der Waals surface area (Å²) in [7, 11) is 0. The number of hydrogen-bond donors (Lipinski definition) is 3. The molecule has 4 aromatic heterocycles. The second-order valence-electron chi connectivity index (χ2n) is 17.0. The molecule has 0 atom stereocenters. The highest BCUT2D eigenvalue weighted by molar-refractivity contribution is 7.22. The van der Waals surface area contributed by atoms with Crippen LogP contribution in [0.4, 0.5) is 39.6 Å². The van der Waals surface area contributed by atoms with E-state index in [1.165, 1.54) is 33.4 Å². The molecule has 0 bridgehead atoms. The quantitative estimate of drug-likeness (QED) is 0.111. The molecule has 0 amide bonds. The van der Waals surface area contributed by atoms with Gasteiger partial charge in [0.15, 0.2) is 16.8 Å². The number of pyridine rings is 1. The van der Waals surface area contributed by atoms with Gasteiger partial charge in [-0.05, 0) is 119 Å². The Hall–Kier alpha value is -7.35. The maximum Gasteiger partial charge on any atom is 0.335 e. The maximum atomic E-state index is 12.0. The lowest BCUT2D eigenvalue weighted by Gasteiger charge is -2.27. The summed E-state index contributed by atoms with van der Waals surface area (Å²) < 4.78 is 2.85. The highest BCUT2D eigenvalue weighted by Gasteiger charge is 2.30. The fourth-order valence-corrected chi connectivity index (χ4v) is 9.92. The number of aromatic carboxylic acids is 2. The van der Waals surface area contributed by atoms with Crippen LogP contribution in [0.3, 0.4) is 0 Å². The van der Waals surface area contributed by atoms with Crippen molar-refractivity contribution in [3.8, 4) is 11.2 Å². The average molecular weight is 889 g/mol. The Morgan fingerprint density at radius 2 is 1.30 bits per heavy atom. The monoisotopic (exact) mass is 888 g/mol. The van der Waals surface area contributed by atoms with Crippen molar-refractivity contribution in [2.45, 2.75) is 74.7 Å². The van der Waals surface area contributed by atoms with Gasteiger partial charge >= 0.3 is 11.9 Å². The third-order valence-electron chi connectivity index (χ3n) is 10.7. The first-order valence-electron chi connectivity index (χ1n) is 20.3. The summed E-state index contributed by atoms with van der Waals surface area (Å²) in [6.07, 6.45) is 0. The zero-order valence-electron chi connectivity index (χ0n) is 36.9. The van der Waals surface area contributed by atoms with Crippen molar-refractivity contribution < 1.29 is 19.8 Å². The molecule has 0 saturated carbocycles. The van der Waals surface area contributed by atoms with Crippen LogP contribution in [0.2, 0.25) is 0 Å². The number of benzene rings is 4. The molecule has 0 spiro atoms. The molecule has 8 rings (SSSR count). The molecule has 0 radical (unpaired) electrons. The summed E-state index contributed by atoms with van der Waals surface area (Å²) in [5.74, 6) is -0.999. The van der Waals surface area contributed by atoms with E-state index in [0.717, 1.165) is 44.8 Å². The molecular weight excluding hydrogens is 845 g/mol. The minimum absolute atomic E-state index is 0.128. The molecule has 0 aliphatic rings. The van der Waals surface area contributed by atoms with Gasteiger partial charge in [-0.3, -0.25) is 4.90 Å². The number of carboxylic acid groups (broad SMARTS) is 2. The smallest absolute Gasteiger partial charge is 0.335 e. The Bertz CT molecular complexity index is 3270. The summed E-state index contributed by atoms with van der Waals surface area (Å²) in [6.45, 7) is 20.0. The molecule has 0 aliphatic heterocycles. The first-order valence-corrected chi connectivity index (χ1v) is 21.9. The zero-order valence-corrected chi connectivity index (χ0v) is 38.5. The molecule has 4 aromatic carbocycles. The second kappa shape index (κ2) is 16.4. The van der Waals surface area contributed by atoms with Crippen molar-refractivity contribution in [1.29, 1.82) is 5.26 Å². The third kappa shape index (κ3) is 8.07. The summed E-state index contributed by atoms with van der Waals surface area (Å²) in [5, 5.41) is 49.3. The minimum atomic E-state index is -1.05. The summed E-state index contributed by atoms with van der Waals surface area (Å²) in [4.78, 5) is 40.9. The molecule has 0 fully saturated rings. The van der Waals surface area contributed by atoms with Crippen molar-refractivity contribution in [3.05, 3.63) is 128 Å². The van der Waals surface area contributed by atoms with Gasteiger partial charge < -0.3 is 15.5 Å². The van der Waals surface area contributed by atoms with Gasteiger partial charge in [-0.15, -0.1) is 10.2 Å². The van der Waals surface area contributed by atoms with Crippen LogP contribution >= 0.6 is 22.7 Å². The summed E-state index contributed by atoms with van der Waals surface area (Å²) in [5.41, 5.74) is 10.7. The first kappa shape index (κ1) is 43.3. The number of fused-ring (bicyclic) bond motifs is 2. The lowest BCUT2D eigenvalue weighted by atomic mass is 9.90. The topological polar surface area (TPSA) is 195 Å². The average Bonchev–Trinajstić information content (AvgIpc) is 3.94. The van der Waals surface area contributed by atoms with Crippen molar-refractivity contribution >= 4 is 94.7 Å². The molecular formula is C48H44N10O4S2.